The van der Waals surface area contributed by atoms with E-state index in [0.717, 1.165) is 17.7 Å². The molecule has 0 N–H and O–H groups in total. The number of unbranched alkanes of at least 4 members (excludes halogenated alkanes) is 6. The highest BCUT2D eigenvalue weighted by molar-refractivity contribution is 6.67. The maximum Gasteiger partial charge on any atom is 0.252 e. The van der Waals surface area contributed by atoms with Gasteiger partial charge in [0.1, 0.15) is 5.75 Å². The molecular weight excluding hydrogens is 308 g/mol. The molecule has 0 radical (unpaired) electrons. The van der Waals surface area contributed by atoms with Crippen LogP contribution < -0.4 is 4.74 Å². The first-order valence-corrected chi connectivity index (χ1v) is 9.18. The molecule has 0 fully saturated rings. The molecule has 0 aromatic heterocycles. The number of hydrogen-bond acceptors (Lipinski definition) is 2. The van der Waals surface area contributed by atoms with Crippen LogP contribution in [0.1, 0.15) is 88.1 Å². The summed E-state index contributed by atoms with van der Waals surface area (Å²) in [5.74, 6) is 0.833. The Morgan fingerprint density at radius 3 is 2.26 bits per heavy atom. The van der Waals surface area contributed by atoms with E-state index in [1.54, 1.807) is 13.2 Å². The zero-order valence-corrected chi connectivity index (χ0v) is 15.8. The fourth-order valence-corrected chi connectivity index (χ4v) is 3.14. The molecule has 3 heteroatoms. The lowest BCUT2D eigenvalue weighted by atomic mass is 9.79. The molecule has 23 heavy (non-hydrogen) atoms. The molecule has 0 aliphatic heterocycles. The standard InChI is InChI=1S/C20H31ClO2/c1-5-6-7-8-9-10-11-14-20(2,3)17-15-16(19(21)22)12-13-18(17)23-4/h12-13,15H,5-11,14H2,1-4H3. The minimum absolute atomic E-state index is 0.0306. The number of benzene rings is 1. The fraction of sp³-hybridized carbons (Fsp3) is 0.650. The van der Waals surface area contributed by atoms with E-state index in [1.165, 1.54) is 44.9 Å². The molecule has 0 aliphatic rings. The second kappa shape index (κ2) is 9.97. The smallest absolute Gasteiger partial charge is 0.252 e. The van der Waals surface area contributed by atoms with Crippen LogP contribution in [0, 0.1) is 0 Å². The zero-order chi connectivity index (χ0) is 17.3. The Bertz CT molecular complexity index is 494. The summed E-state index contributed by atoms with van der Waals surface area (Å²) in [5.41, 5.74) is 1.57. The minimum Gasteiger partial charge on any atom is -0.496 e. The van der Waals surface area contributed by atoms with E-state index in [0.29, 0.717) is 5.56 Å². The number of carbonyl (C=O) groups is 1. The number of carbonyl (C=O) groups excluding carboxylic acids is 1. The van der Waals surface area contributed by atoms with Crippen LogP contribution in [0.2, 0.25) is 0 Å². The molecule has 0 heterocycles. The van der Waals surface area contributed by atoms with Crippen molar-refractivity contribution in [1.82, 2.24) is 0 Å². The lowest BCUT2D eigenvalue weighted by Gasteiger charge is -2.27. The van der Waals surface area contributed by atoms with Crippen LogP contribution in [0.5, 0.6) is 5.75 Å². The van der Waals surface area contributed by atoms with Crippen LogP contribution in [0.4, 0.5) is 0 Å². The predicted octanol–water partition coefficient (Wildman–Crippen LogP) is 6.49. The van der Waals surface area contributed by atoms with Crippen LogP contribution in [0.15, 0.2) is 18.2 Å². The molecule has 0 bridgehead atoms. The van der Waals surface area contributed by atoms with Gasteiger partial charge >= 0.3 is 0 Å². The van der Waals surface area contributed by atoms with E-state index < -0.39 is 5.24 Å². The molecular formula is C20H31ClO2. The van der Waals surface area contributed by atoms with Crippen molar-refractivity contribution >= 4 is 16.8 Å². The van der Waals surface area contributed by atoms with Gasteiger partial charge < -0.3 is 4.74 Å². The van der Waals surface area contributed by atoms with Gasteiger partial charge in [-0.1, -0.05) is 65.7 Å². The van der Waals surface area contributed by atoms with Gasteiger partial charge in [-0.15, -0.1) is 0 Å². The van der Waals surface area contributed by atoms with Crippen LogP contribution in [0.25, 0.3) is 0 Å². The zero-order valence-electron chi connectivity index (χ0n) is 15.1. The second-order valence-electron chi connectivity index (χ2n) is 6.94. The predicted molar refractivity (Wildman–Crippen MR) is 98.8 cm³/mol. The van der Waals surface area contributed by atoms with Gasteiger partial charge in [0.25, 0.3) is 5.24 Å². The molecule has 1 aromatic rings. The van der Waals surface area contributed by atoms with Crippen molar-refractivity contribution in [3.8, 4) is 5.75 Å². The average molecular weight is 339 g/mol. The summed E-state index contributed by atoms with van der Waals surface area (Å²) >= 11 is 5.63. The topological polar surface area (TPSA) is 26.3 Å². The lowest BCUT2D eigenvalue weighted by Crippen LogP contribution is -2.19. The van der Waals surface area contributed by atoms with Gasteiger partial charge in [-0.05, 0) is 41.6 Å². The van der Waals surface area contributed by atoms with Crippen molar-refractivity contribution in [1.29, 1.82) is 0 Å². The summed E-state index contributed by atoms with van der Waals surface area (Å²) in [4.78, 5) is 11.4. The molecule has 1 aromatic carbocycles. The van der Waals surface area contributed by atoms with Gasteiger partial charge in [0, 0.05) is 11.1 Å². The van der Waals surface area contributed by atoms with Gasteiger partial charge in [0.05, 0.1) is 7.11 Å². The second-order valence-corrected chi connectivity index (χ2v) is 7.29. The van der Waals surface area contributed by atoms with Gasteiger partial charge in [-0.2, -0.15) is 0 Å². The molecule has 0 saturated carbocycles. The van der Waals surface area contributed by atoms with Crippen molar-refractivity contribution < 1.29 is 9.53 Å². The molecule has 0 atom stereocenters. The molecule has 0 saturated heterocycles. The SMILES string of the molecule is CCCCCCCCCC(C)(C)c1cc(C(=O)Cl)ccc1OC. The summed E-state index contributed by atoms with van der Waals surface area (Å²) in [6.07, 6.45) is 10.2. The van der Waals surface area contributed by atoms with E-state index in [4.69, 9.17) is 16.3 Å². The molecule has 0 aliphatic carbocycles. The lowest BCUT2D eigenvalue weighted by molar-refractivity contribution is 0.108. The highest BCUT2D eigenvalue weighted by Gasteiger charge is 2.25. The van der Waals surface area contributed by atoms with Gasteiger partial charge in [0.15, 0.2) is 0 Å². The first kappa shape index (κ1) is 20.0. The van der Waals surface area contributed by atoms with Gasteiger partial charge in [-0.25, -0.2) is 0 Å². The van der Waals surface area contributed by atoms with Gasteiger partial charge in [-0.3, -0.25) is 4.79 Å². The largest absolute Gasteiger partial charge is 0.496 e. The molecule has 0 amide bonds. The van der Waals surface area contributed by atoms with E-state index in [9.17, 15) is 4.79 Å². The Kier molecular flexibility index (Phi) is 8.68. The summed E-state index contributed by atoms with van der Waals surface area (Å²) in [7, 11) is 1.67. The average Bonchev–Trinajstić information content (AvgIpc) is 2.53. The maximum atomic E-state index is 11.4. The maximum absolute atomic E-state index is 11.4. The Hall–Kier alpha value is -1.02. The summed E-state index contributed by atoms with van der Waals surface area (Å²) < 4.78 is 5.48. The normalized spacial score (nSPS) is 11.5. The first-order chi connectivity index (χ1) is 10.9. The monoisotopic (exact) mass is 338 g/mol. The Morgan fingerprint density at radius 2 is 1.70 bits per heavy atom. The third-order valence-electron chi connectivity index (χ3n) is 4.56. The number of halogens is 1. The Balaban J connectivity index is 2.64. The number of methoxy groups -OCH3 is 1. The van der Waals surface area contributed by atoms with Crippen LogP contribution in [-0.4, -0.2) is 12.4 Å². The van der Waals surface area contributed by atoms with Crippen molar-refractivity contribution in [3.63, 3.8) is 0 Å². The molecule has 130 valence electrons. The minimum atomic E-state index is -0.416. The van der Waals surface area contributed by atoms with Crippen LogP contribution in [0.3, 0.4) is 0 Å². The summed E-state index contributed by atoms with van der Waals surface area (Å²) in [5, 5.41) is -0.416. The third kappa shape index (κ3) is 6.55. The molecule has 0 unspecified atom stereocenters. The number of rotatable bonds is 11. The molecule has 0 spiro atoms. The fourth-order valence-electron chi connectivity index (χ4n) is 3.02. The highest BCUT2D eigenvalue weighted by atomic mass is 35.5. The Labute approximate surface area is 146 Å². The summed E-state index contributed by atoms with van der Waals surface area (Å²) in [6, 6.07) is 5.45. The summed E-state index contributed by atoms with van der Waals surface area (Å²) in [6.45, 7) is 6.67. The van der Waals surface area contributed by atoms with Crippen molar-refractivity contribution in [3.05, 3.63) is 29.3 Å². The molecule has 1 rings (SSSR count). The molecule has 2 nitrogen and oxygen atoms in total. The van der Waals surface area contributed by atoms with Gasteiger partial charge in [0.2, 0.25) is 0 Å². The van der Waals surface area contributed by atoms with Crippen molar-refractivity contribution in [2.75, 3.05) is 7.11 Å². The van der Waals surface area contributed by atoms with E-state index in [2.05, 4.69) is 20.8 Å². The van der Waals surface area contributed by atoms with Crippen LogP contribution >= 0.6 is 11.6 Å². The Morgan fingerprint density at radius 1 is 1.09 bits per heavy atom. The third-order valence-corrected chi connectivity index (χ3v) is 4.78. The van der Waals surface area contributed by atoms with E-state index in [1.807, 2.05) is 12.1 Å². The first-order valence-electron chi connectivity index (χ1n) is 8.80. The number of hydrogen-bond donors (Lipinski definition) is 0. The van der Waals surface area contributed by atoms with E-state index >= 15 is 0 Å². The van der Waals surface area contributed by atoms with Crippen LogP contribution in [-0.2, 0) is 5.41 Å². The van der Waals surface area contributed by atoms with Crippen molar-refractivity contribution in [2.24, 2.45) is 0 Å². The quantitative estimate of drug-likeness (QED) is 0.340. The highest BCUT2D eigenvalue weighted by Crippen LogP contribution is 2.36. The van der Waals surface area contributed by atoms with E-state index in [-0.39, 0.29) is 5.41 Å². The van der Waals surface area contributed by atoms with Crippen molar-refractivity contribution in [2.45, 2.75) is 77.6 Å². The number of ether oxygens (including phenoxy) is 1.